The molecule has 2 atom stereocenters. The predicted octanol–water partition coefficient (Wildman–Crippen LogP) is 3.36. The third kappa shape index (κ3) is 3.45. The molecule has 2 heteroatoms. The molecule has 1 N–H and O–H groups in total. The fourth-order valence-electron chi connectivity index (χ4n) is 3.31. The number of hydrogen-bond acceptors (Lipinski definition) is 2. The molecule has 0 aromatic carbocycles. The highest BCUT2D eigenvalue weighted by Gasteiger charge is 2.43. The smallest absolute Gasteiger partial charge is 0.0685 e. The Hall–Kier alpha value is -0.0800. The molecule has 100 valence electrons. The highest BCUT2D eigenvalue weighted by Crippen LogP contribution is 2.46. The summed E-state index contributed by atoms with van der Waals surface area (Å²) in [5.74, 6) is 1.75. The van der Waals surface area contributed by atoms with E-state index in [9.17, 15) is 0 Å². The Labute approximate surface area is 107 Å². The SMILES string of the molecule is CC(C)NCCC(C)C1CCOC2(CCC2)C1. The molecule has 1 aliphatic carbocycles. The average molecular weight is 239 g/mol. The van der Waals surface area contributed by atoms with Gasteiger partial charge in [-0.15, -0.1) is 0 Å². The molecule has 2 aliphatic rings. The molecule has 2 nitrogen and oxygen atoms in total. The zero-order valence-electron chi connectivity index (χ0n) is 11.8. The van der Waals surface area contributed by atoms with Gasteiger partial charge in [0.1, 0.15) is 0 Å². The van der Waals surface area contributed by atoms with Crippen molar-refractivity contribution in [1.29, 1.82) is 0 Å². The molecule has 0 aromatic heterocycles. The Morgan fingerprint density at radius 3 is 2.65 bits per heavy atom. The first-order chi connectivity index (χ1) is 8.11. The monoisotopic (exact) mass is 239 g/mol. The number of rotatable bonds is 5. The van der Waals surface area contributed by atoms with Crippen molar-refractivity contribution in [3.05, 3.63) is 0 Å². The molecule has 2 fully saturated rings. The molecule has 1 aliphatic heterocycles. The van der Waals surface area contributed by atoms with Crippen LogP contribution in [0, 0.1) is 11.8 Å². The molecule has 1 heterocycles. The van der Waals surface area contributed by atoms with E-state index in [0.717, 1.165) is 18.4 Å². The molecule has 2 unspecified atom stereocenters. The Morgan fingerprint density at radius 1 is 1.29 bits per heavy atom. The summed E-state index contributed by atoms with van der Waals surface area (Å²) in [7, 11) is 0. The van der Waals surface area contributed by atoms with Gasteiger partial charge in [0.15, 0.2) is 0 Å². The van der Waals surface area contributed by atoms with Gasteiger partial charge in [0, 0.05) is 12.6 Å². The van der Waals surface area contributed by atoms with Crippen LogP contribution >= 0.6 is 0 Å². The molecule has 0 radical (unpaired) electrons. The Morgan fingerprint density at radius 2 is 2.06 bits per heavy atom. The second-order valence-electron chi connectivity index (χ2n) is 6.51. The van der Waals surface area contributed by atoms with E-state index in [0.29, 0.717) is 11.6 Å². The average Bonchev–Trinajstić information content (AvgIpc) is 2.26. The van der Waals surface area contributed by atoms with Crippen molar-refractivity contribution in [2.24, 2.45) is 11.8 Å². The van der Waals surface area contributed by atoms with Crippen LogP contribution in [-0.4, -0.2) is 24.8 Å². The fraction of sp³-hybridized carbons (Fsp3) is 1.00. The molecule has 1 saturated heterocycles. The van der Waals surface area contributed by atoms with Crippen molar-refractivity contribution in [1.82, 2.24) is 5.32 Å². The van der Waals surface area contributed by atoms with Gasteiger partial charge in [-0.3, -0.25) is 0 Å². The van der Waals surface area contributed by atoms with E-state index in [1.165, 1.54) is 45.1 Å². The van der Waals surface area contributed by atoms with Crippen LogP contribution in [0.4, 0.5) is 0 Å². The fourth-order valence-corrected chi connectivity index (χ4v) is 3.31. The van der Waals surface area contributed by atoms with E-state index in [1.54, 1.807) is 0 Å². The Balaban J connectivity index is 1.72. The highest BCUT2D eigenvalue weighted by molar-refractivity contribution is 4.94. The van der Waals surface area contributed by atoms with Crippen molar-refractivity contribution in [2.45, 2.75) is 70.9 Å². The summed E-state index contributed by atoms with van der Waals surface area (Å²) >= 11 is 0. The second-order valence-corrected chi connectivity index (χ2v) is 6.51. The van der Waals surface area contributed by atoms with Crippen LogP contribution < -0.4 is 5.32 Å². The van der Waals surface area contributed by atoms with Crippen LogP contribution in [0.5, 0.6) is 0 Å². The zero-order chi connectivity index (χ0) is 12.3. The lowest BCUT2D eigenvalue weighted by molar-refractivity contribution is -0.149. The molecule has 0 bridgehead atoms. The van der Waals surface area contributed by atoms with Gasteiger partial charge in [-0.25, -0.2) is 0 Å². The van der Waals surface area contributed by atoms with E-state index >= 15 is 0 Å². The molecular formula is C15H29NO. The maximum Gasteiger partial charge on any atom is 0.0685 e. The van der Waals surface area contributed by atoms with Crippen LogP contribution in [-0.2, 0) is 4.74 Å². The van der Waals surface area contributed by atoms with Gasteiger partial charge >= 0.3 is 0 Å². The first-order valence-corrected chi connectivity index (χ1v) is 7.49. The summed E-state index contributed by atoms with van der Waals surface area (Å²) in [6.07, 6.45) is 7.95. The van der Waals surface area contributed by atoms with Crippen molar-refractivity contribution in [2.75, 3.05) is 13.2 Å². The van der Waals surface area contributed by atoms with E-state index in [1.807, 2.05) is 0 Å². The molecule has 0 amide bonds. The Bertz CT molecular complexity index is 235. The normalized spacial score (nSPS) is 29.3. The zero-order valence-corrected chi connectivity index (χ0v) is 11.8. The lowest BCUT2D eigenvalue weighted by Crippen LogP contribution is -2.46. The first-order valence-electron chi connectivity index (χ1n) is 7.49. The third-order valence-corrected chi connectivity index (χ3v) is 4.75. The van der Waals surface area contributed by atoms with Crippen molar-refractivity contribution in [3.8, 4) is 0 Å². The first kappa shape index (κ1) is 13.4. The van der Waals surface area contributed by atoms with E-state index in [2.05, 4.69) is 26.1 Å². The van der Waals surface area contributed by atoms with E-state index < -0.39 is 0 Å². The summed E-state index contributed by atoms with van der Waals surface area (Å²) in [6.45, 7) is 9.06. The lowest BCUT2D eigenvalue weighted by Gasteiger charge is -2.48. The van der Waals surface area contributed by atoms with E-state index in [4.69, 9.17) is 4.74 Å². The van der Waals surface area contributed by atoms with Crippen molar-refractivity contribution >= 4 is 0 Å². The highest BCUT2D eigenvalue weighted by atomic mass is 16.5. The summed E-state index contributed by atoms with van der Waals surface area (Å²) in [5, 5.41) is 3.53. The van der Waals surface area contributed by atoms with Gasteiger partial charge in [-0.05, 0) is 56.9 Å². The van der Waals surface area contributed by atoms with Crippen LogP contribution in [0.15, 0.2) is 0 Å². The van der Waals surface area contributed by atoms with E-state index in [-0.39, 0.29) is 0 Å². The maximum absolute atomic E-state index is 6.01. The maximum atomic E-state index is 6.01. The van der Waals surface area contributed by atoms with Crippen LogP contribution in [0.1, 0.15) is 59.3 Å². The standard InChI is InChI=1S/C15H29NO/c1-12(2)16-9-5-13(3)14-6-10-17-15(11-14)7-4-8-15/h12-14,16H,4-11H2,1-3H3. The molecule has 17 heavy (non-hydrogen) atoms. The number of ether oxygens (including phenoxy) is 1. The number of hydrogen-bond donors (Lipinski definition) is 1. The van der Waals surface area contributed by atoms with Crippen LogP contribution in [0.25, 0.3) is 0 Å². The Kier molecular flexibility index (Phi) is 4.48. The molecule has 2 rings (SSSR count). The lowest BCUT2D eigenvalue weighted by atomic mass is 9.69. The van der Waals surface area contributed by atoms with Crippen LogP contribution in [0.2, 0.25) is 0 Å². The quantitative estimate of drug-likeness (QED) is 0.794. The predicted molar refractivity (Wildman–Crippen MR) is 72.2 cm³/mol. The minimum atomic E-state index is 0.322. The van der Waals surface area contributed by atoms with Gasteiger partial charge in [0.05, 0.1) is 5.60 Å². The third-order valence-electron chi connectivity index (χ3n) is 4.75. The van der Waals surface area contributed by atoms with Crippen LogP contribution in [0.3, 0.4) is 0 Å². The summed E-state index contributed by atoms with van der Waals surface area (Å²) < 4.78 is 6.01. The molecule has 0 aromatic rings. The van der Waals surface area contributed by atoms with Crippen molar-refractivity contribution in [3.63, 3.8) is 0 Å². The topological polar surface area (TPSA) is 21.3 Å². The summed E-state index contributed by atoms with van der Waals surface area (Å²) in [6, 6.07) is 0.620. The van der Waals surface area contributed by atoms with Gasteiger partial charge in [0.25, 0.3) is 0 Å². The summed E-state index contributed by atoms with van der Waals surface area (Å²) in [5.41, 5.74) is 0.322. The second kappa shape index (κ2) is 5.71. The molecule has 1 saturated carbocycles. The molecular weight excluding hydrogens is 210 g/mol. The van der Waals surface area contributed by atoms with Gasteiger partial charge < -0.3 is 10.1 Å². The summed E-state index contributed by atoms with van der Waals surface area (Å²) in [4.78, 5) is 0. The molecule has 1 spiro atoms. The minimum absolute atomic E-state index is 0.322. The van der Waals surface area contributed by atoms with Gasteiger partial charge in [0.2, 0.25) is 0 Å². The number of nitrogens with one attached hydrogen (secondary N) is 1. The largest absolute Gasteiger partial charge is 0.375 e. The van der Waals surface area contributed by atoms with Crippen molar-refractivity contribution < 1.29 is 4.74 Å². The minimum Gasteiger partial charge on any atom is -0.375 e. The van der Waals surface area contributed by atoms with Gasteiger partial charge in [-0.1, -0.05) is 20.8 Å². The van der Waals surface area contributed by atoms with Gasteiger partial charge in [-0.2, -0.15) is 0 Å².